The van der Waals surface area contributed by atoms with E-state index in [9.17, 15) is 29.1 Å². The number of carboxylic acid groups (broad SMARTS) is 1. The molecule has 0 aromatic heterocycles. The average Bonchev–Trinajstić information content (AvgIpc) is 3.46. The van der Waals surface area contributed by atoms with E-state index in [1.54, 1.807) is 31.2 Å². The average molecular weight is 565 g/mol. The molecule has 1 fully saturated rings. The van der Waals surface area contributed by atoms with Crippen LogP contribution in [0.25, 0.3) is 0 Å². The Bertz CT molecular complexity index is 1190. The van der Waals surface area contributed by atoms with Crippen molar-refractivity contribution in [3.8, 4) is 0 Å². The van der Waals surface area contributed by atoms with Gasteiger partial charge in [-0.1, -0.05) is 67.6 Å². The Morgan fingerprint density at radius 2 is 1.56 bits per heavy atom. The van der Waals surface area contributed by atoms with E-state index in [0.717, 1.165) is 11.1 Å². The number of ketones is 1. The molecular formula is C31H40N4O6. The van der Waals surface area contributed by atoms with Gasteiger partial charge in [0.1, 0.15) is 17.9 Å². The number of amides is 3. The van der Waals surface area contributed by atoms with Crippen molar-refractivity contribution < 1.29 is 29.1 Å². The summed E-state index contributed by atoms with van der Waals surface area (Å²) in [5.74, 6) is -2.38. The molecule has 0 bridgehead atoms. The van der Waals surface area contributed by atoms with Crippen LogP contribution in [0.2, 0.25) is 0 Å². The second kappa shape index (κ2) is 15.7. The number of carbonyl (C=O) groups is 5. The zero-order valence-corrected chi connectivity index (χ0v) is 23.5. The van der Waals surface area contributed by atoms with Crippen LogP contribution < -0.4 is 16.4 Å². The first-order valence-electron chi connectivity index (χ1n) is 14.2. The van der Waals surface area contributed by atoms with Crippen molar-refractivity contribution in [2.45, 2.75) is 82.5 Å². The molecule has 4 atom stereocenters. The van der Waals surface area contributed by atoms with Gasteiger partial charge in [0.05, 0.1) is 6.04 Å². The minimum atomic E-state index is -1.15. The lowest BCUT2D eigenvalue weighted by atomic mass is 10.0. The fraction of sp³-hybridized carbons (Fsp3) is 0.452. The minimum Gasteiger partial charge on any atom is -0.480 e. The van der Waals surface area contributed by atoms with Crippen molar-refractivity contribution in [3.05, 3.63) is 71.8 Å². The second-order valence-electron chi connectivity index (χ2n) is 10.5. The van der Waals surface area contributed by atoms with Gasteiger partial charge >= 0.3 is 5.97 Å². The molecule has 0 radical (unpaired) electrons. The van der Waals surface area contributed by atoms with Gasteiger partial charge in [-0.05, 0) is 36.8 Å². The topological polar surface area (TPSA) is 159 Å². The van der Waals surface area contributed by atoms with Crippen LogP contribution in [-0.4, -0.2) is 70.2 Å². The van der Waals surface area contributed by atoms with Crippen LogP contribution >= 0.6 is 0 Å². The Kier molecular flexibility index (Phi) is 12.0. The molecule has 1 saturated heterocycles. The zero-order valence-electron chi connectivity index (χ0n) is 23.5. The highest BCUT2D eigenvalue weighted by Gasteiger charge is 2.37. The van der Waals surface area contributed by atoms with E-state index in [2.05, 4.69) is 10.6 Å². The Morgan fingerprint density at radius 1 is 0.951 bits per heavy atom. The van der Waals surface area contributed by atoms with Gasteiger partial charge < -0.3 is 26.4 Å². The third-order valence-corrected chi connectivity index (χ3v) is 7.30. The number of aliphatic carboxylic acids is 1. The predicted octanol–water partition coefficient (Wildman–Crippen LogP) is 1.99. The first kappa shape index (κ1) is 31.5. The first-order chi connectivity index (χ1) is 19.7. The zero-order chi connectivity index (χ0) is 29.8. The number of nitrogens with two attached hydrogens (primary N) is 1. The summed E-state index contributed by atoms with van der Waals surface area (Å²) in [5.41, 5.74) is 7.75. The molecule has 0 aliphatic carbocycles. The van der Waals surface area contributed by atoms with Gasteiger partial charge in [0.2, 0.25) is 17.7 Å². The third-order valence-electron chi connectivity index (χ3n) is 7.30. The summed E-state index contributed by atoms with van der Waals surface area (Å²) in [5, 5.41) is 15.2. The van der Waals surface area contributed by atoms with E-state index in [1.807, 2.05) is 36.4 Å². The highest BCUT2D eigenvalue weighted by Crippen LogP contribution is 2.20. The van der Waals surface area contributed by atoms with Gasteiger partial charge in [0.25, 0.3) is 0 Å². The number of carboxylic acids is 1. The van der Waals surface area contributed by atoms with Crippen molar-refractivity contribution in [2.24, 2.45) is 5.73 Å². The molecule has 5 N–H and O–H groups in total. The monoisotopic (exact) mass is 564 g/mol. The number of nitrogens with one attached hydrogen (secondary N) is 2. The molecule has 1 heterocycles. The smallest absolute Gasteiger partial charge is 0.326 e. The second-order valence-corrected chi connectivity index (χ2v) is 10.5. The van der Waals surface area contributed by atoms with E-state index in [1.165, 1.54) is 4.90 Å². The molecule has 1 aliphatic rings. The molecule has 0 unspecified atom stereocenters. The molecule has 3 amide bonds. The lowest BCUT2D eigenvalue weighted by Gasteiger charge is -2.28. The van der Waals surface area contributed by atoms with Gasteiger partial charge in [-0.3, -0.25) is 19.2 Å². The highest BCUT2D eigenvalue weighted by atomic mass is 16.4. The van der Waals surface area contributed by atoms with E-state index < -0.39 is 36.0 Å². The van der Waals surface area contributed by atoms with Crippen LogP contribution in [0.4, 0.5) is 0 Å². The third kappa shape index (κ3) is 9.82. The van der Waals surface area contributed by atoms with E-state index >= 15 is 0 Å². The SMILES string of the molecule is CCC(=O)CC[C@H](N)C(=O)N1CCC[C@H]1C(=O)N[C@H](CC(=O)N[C@@H](Cc1ccccc1)C(=O)O)Cc1ccccc1. The van der Waals surface area contributed by atoms with Crippen molar-refractivity contribution in [1.82, 2.24) is 15.5 Å². The Balaban J connectivity index is 1.68. The maximum Gasteiger partial charge on any atom is 0.326 e. The molecule has 3 rings (SSSR count). The van der Waals surface area contributed by atoms with E-state index in [-0.39, 0.29) is 43.3 Å². The first-order valence-corrected chi connectivity index (χ1v) is 14.2. The van der Waals surface area contributed by atoms with Gasteiger partial charge in [-0.2, -0.15) is 0 Å². The molecule has 2 aromatic rings. The van der Waals surface area contributed by atoms with Crippen molar-refractivity contribution in [1.29, 1.82) is 0 Å². The van der Waals surface area contributed by atoms with Crippen LogP contribution in [0, 0.1) is 0 Å². The highest BCUT2D eigenvalue weighted by molar-refractivity contribution is 5.91. The molecule has 220 valence electrons. The number of hydrogen-bond acceptors (Lipinski definition) is 6. The summed E-state index contributed by atoms with van der Waals surface area (Å²) in [6.07, 6.45) is 2.24. The molecule has 10 heteroatoms. The number of likely N-dealkylation sites (tertiary alicyclic amines) is 1. The van der Waals surface area contributed by atoms with Gasteiger partial charge in [-0.25, -0.2) is 4.79 Å². The standard InChI is InChI=1S/C31H40N4O6/c1-2-24(36)15-16-25(32)30(39)35-17-9-14-27(35)29(38)33-23(18-21-10-5-3-6-11-21)20-28(37)34-26(31(40)41)19-22-12-7-4-8-13-22/h3-8,10-13,23,25-27H,2,9,14-20,32H2,1H3,(H,33,38)(H,34,37)(H,40,41)/t23-,25-,26-,27-/m0/s1. The summed E-state index contributed by atoms with van der Waals surface area (Å²) in [6.45, 7) is 2.14. The maximum absolute atomic E-state index is 13.4. The van der Waals surface area contributed by atoms with E-state index in [4.69, 9.17) is 5.73 Å². The number of hydrogen-bond donors (Lipinski definition) is 4. The van der Waals surface area contributed by atoms with Gasteiger partial charge in [-0.15, -0.1) is 0 Å². The molecule has 2 aromatic carbocycles. The molecule has 10 nitrogen and oxygen atoms in total. The summed E-state index contributed by atoms with van der Waals surface area (Å²) in [7, 11) is 0. The predicted molar refractivity (Wildman–Crippen MR) is 154 cm³/mol. The molecule has 0 spiro atoms. The molecule has 0 saturated carbocycles. The normalized spacial score (nSPS) is 16.8. The van der Waals surface area contributed by atoms with Crippen LogP contribution in [0.5, 0.6) is 0 Å². The molecule has 1 aliphatic heterocycles. The lowest BCUT2D eigenvalue weighted by molar-refractivity contribution is -0.142. The molecular weight excluding hydrogens is 524 g/mol. The van der Waals surface area contributed by atoms with Crippen LogP contribution in [-0.2, 0) is 36.8 Å². The summed E-state index contributed by atoms with van der Waals surface area (Å²) in [6, 6.07) is 15.0. The minimum absolute atomic E-state index is 0.0277. The summed E-state index contributed by atoms with van der Waals surface area (Å²) >= 11 is 0. The quantitative estimate of drug-likeness (QED) is 0.257. The summed E-state index contributed by atoms with van der Waals surface area (Å²) < 4.78 is 0. The summed E-state index contributed by atoms with van der Waals surface area (Å²) in [4.78, 5) is 64.5. The van der Waals surface area contributed by atoms with Crippen LogP contribution in [0.15, 0.2) is 60.7 Å². The fourth-order valence-electron chi connectivity index (χ4n) is 5.03. The number of nitrogens with zero attached hydrogens (tertiary/aromatic N) is 1. The maximum atomic E-state index is 13.4. The fourth-order valence-corrected chi connectivity index (χ4v) is 5.03. The lowest BCUT2D eigenvalue weighted by Crippen LogP contribution is -2.53. The van der Waals surface area contributed by atoms with Crippen LogP contribution in [0.3, 0.4) is 0 Å². The Labute approximate surface area is 240 Å². The Hall–Kier alpha value is -4.05. The largest absolute Gasteiger partial charge is 0.480 e. The van der Waals surface area contributed by atoms with Crippen LogP contribution in [0.1, 0.15) is 56.6 Å². The van der Waals surface area contributed by atoms with E-state index in [0.29, 0.717) is 32.2 Å². The number of benzene rings is 2. The van der Waals surface area contributed by atoms with Crippen molar-refractivity contribution in [3.63, 3.8) is 0 Å². The van der Waals surface area contributed by atoms with Gasteiger partial charge in [0, 0.05) is 38.3 Å². The Morgan fingerprint density at radius 3 is 2.15 bits per heavy atom. The molecule has 41 heavy (non-hydrogen) atoms. The van der Waals surface area contributed by atoms with Crippen molar-refractivity contribution >= 4 is 29.5 Å². The van der Waals surface area contributed by atoms with Crippen molar-refractivity contribution in [2.75, 3.05) is 6.54 Å². The van der Waals surface area contributed by atoms with Gasteiger partial charge in [0.15, 0.2) is 0 Å². The number of Topliss-reactive ketones (excluding diaryl/α,β-unsaturated/α-hetero) is 1. The number of rotatable bonds is 15. The number of carbonyl (C=O) groups excluding carboxylic acids is 4.